The molecule has 0 saturated carbocycles. The van der Waals surface area contributed by atoms with Gasteiger partial charge in [-0.3, -0.25) is 9.89 Å². The largest absolute Gasteiger partial charge is 0.367 e. The molecule has 1 fully saturated rings. The minimum Gasteiger partial charge on any atom is -0.367 e. The lowest BCUT2D eigenvalue weighted by atomic mass is 9.90. The quantitative estimate of drug-likeness (QED) is 0.879. The van der Waals surface area contributed by atoms with E-state index < -0.39 is 11.4 Å². The number of aromatic nitrogens is 3. The molecule has 1 aliphatic rings. The number of piperidine rings is 1. The van der Waals surface area contributed by atoms with Gasteiger partial charge in [-0.2, -0.15) is 4.98 Å². The van der Waals surface area contributed by atoms with E-state index in [1.807, 2.05) is 0 Å². The van der Waals surface area contributed by atoms with E-state index >= 15 is 0 Å². The standard InChI is InChI=1S/C17H22FN5O2/c1-17(25-2,12-5-3-4-6-13(12)18)15(24)23-9-7-11(8-10-23)14-20-16(19)22-21-14/h3-6,11H,7-10H2,1-2H3,(H3,19,20,21,22). The number of methoxy groups -OCH3 is 1. The van der Waals surface area contributed by atoms with Gasteiger partial charge in [-0.25, -0.2) is 4.39 Å². The number of H-pyrrole nitrogens is 1. The molecule has 1 amide bonds. The lowest BCUT2D eigenvalue weighted by Gasteiger charge is -2.37. The summed E-state index contributed by atoms with van der Waals surface area (Å²) in [6, 6.07) is 6.21. The average Bonchev–Trinajstić information content (AvgIpc) is 3.07. The molecule has 1 aliphatic heterocycles. The Balaban J connectivity index is 1.73. The fourth-order valence-electron chi connectivity index (χ4n) is 3.29. The summed E-state index contributed by atoms with van der Waals surface area (Å²) in [6.07, 6.45) is 1.47. The topological polar surface area (TPSA) is 97.1 Å². The van der Waals surface area contributed by atoms with Crippen LogP contribution in [0, 0.1) is 5.82 Å². The molecular weight excluding hydrogens is 325 g/mol. The van der Waals surface area contributed by atoms with Gasteiger partial charge < -0.3 is 15.4 Å². The van der Waals surface area contributed by atoms with Crippen LogP contribution in [-0.2, 0) is 15.1 Å². The van der Waals surface area contributed by atoms with Gasteiger partial charge in [0.15, 0.2) is 5.60 Å². The van der Waals surface area contributed by atoms with Crippen molar-refractivity contribution < 1.29 is 13.9 Å². The number of carbonyl (C=O) groups is 1. The van der Waals surface area contributed by atoms with E-state index in [4.69, 9.17) is 10.5 Å². The van der Waals surface area contributed by atoms with Crippen LogP contribution < -0.4 is 5.73 Å². The molecule has 3 N–H and O–H groups in total. The molecule has 1 saturated heterocycles. The van der Waals surface area contributed by atoms with E-state index in [0.717, 1.165) is 18.7 Å². The van der Waals surface area contributed by atoms with Crippen LogP contribution in [0.1, 0.15) is 37.1 Å². The highest BCUT2D eigenvalue weighted by atomic mass is 19.1. The maximum Gasteiger partial charge on any atom is 0.259 e. The van der Waals surface area contributed by atoms with Crippen LogP contribution in [0.15, 0.2) is 24.3 Å². The number of nitrogens with two attached hydrogens (primary N) is 1. The van der Waals surface area contributed by atoms with Crippen molar-refractivity contribution >= 4 is 11.9 Å². The zero-order valence-corrected chi connectivity index (χ0v) is 14.3. The summed E-state index contributed by atoms with van der Waals surface area (Å²) in [5, 5.41) is 6.68. The minimum atomic E-state index is -1.35. The number of likely N-dealkylation sites (tertiary alicyclic amines) is 1. The van der Waals surface area contributed by atoms with E-state index in [1.54, 1.807) is 30.0 Å². The number of rotatable bonds is 4. The van der Waals surface area contributed by atoms with Crippen LogP contribution in [0.3, 0.4) is 0 Å². The summed E-state index contributed by atoms with van der Waals surface area (Å²) in [4.78, 5) is 18.9. The monoisotopic (exact) mass is 347 g/mol. The van der Waals surface area contributed by atoms with Crippen molar-refractivity contribution in [2.24, 2.45) is 0 Å². The summed E-state index contributed by atoms with van der Waals surface area (Å²) < 4.78 is 19.7. The highest BCUT2D eigenvalue weighted by Gasteiger charge is 2.41. The molecule has 0 bridgehead atoms. The zero-order valence-electron chi connectivity index (χ0n) is 14.3. The third kappa shape index (κ3) is 3.21. The smallest absolute Gasteiger partial charge is 0.259 e. The van der Waals surface area contributed by atoms with Gasteiger partial charge >= 0.3 is 0 Å². The lowest BCUT2D eigenvalue weighted by molar-refractivity contribution is -0.155. The minimum absolute atomic E-state index is 0.177. The lowest BCUT2D eigenvalue weighted by Crippen LogP contribution is -2.49. The van der Waals surface area contributed by atoms with Gasteiger partial charge in [-0.05, 0) is 25.8 Å². The third-order valence-corrected chi connectivity index (χ3v) is 4.89. The molecule has 0 radical (unpaired) electrons. The predicted octanol–water partition coefficient (Wildman–Crippen LogP) is 1.79. The van der Waals surface area contributed by atoms with Gasteiger partial charge in [-0.1, -0.05) is 18.2 Å². The van der Waals surface area contributed by atoms with E-state index in [9.17, 15) is 9.18 Å². The molecule has 25 heavy (non-hydrogen) atoms. The maximum absolute atomic E-state index is 14.2. The van der Waals surface area contributed by atoms with E-state index in [1.165, 1.54) is 13.2 Å². The van der Waals surface area contributed by atoms with Crippen LogP contribution in [0.2, 0.25) is 0 Å². The van der Waals surface area contributed by atoms with Crippen LogP contribution in [0.25, 0.3) is 0 Å². The van der Waals surface area contributed by atoms with Crippen molar-refractivity contribution in [3.63, 3.8) is 0 Å². The molecule has 1 aromatic heterocycles. The Bertz CT molecular complexity index is 757. The Hall–Kier alpha value is -2.48. The number of benzene rings is 1. The molecule has 0 spiro atoms. The number of hydrogen-bond donors (Lipinski definition) is 2. The van der Waals surface area contributed by atoms with Gasteiger partial charge in [-0.15, -0.1) is 5.10 Å². The van der Waals surface area contributed by atoms with Crippen LogP contribution in [0.4, 0.5) is 10.3 Å². The van der Waals surface area contributed by atoms with Gasteiger partial charge in [0.25, 0.3) is 5.91 Å². The van der Waals surface area contributed by atoms with E-state index in [0.29, 0.717) is 13.1 Å². The second-order valence-electron chi connectivity index (χ2n) is 6.36. The van der Waals surface area contributed by atoms with Crippen molar-refractivity contribution in [2.75, 3.05) is 25.9 Å². The molecule has 1 unspecified atom stereocenters. The Morgan fingerprint density at radius 2 is 2.08 bits per heavy atom. The van der Waals surface area contributed by atoms with E-state index in [-0.39, 0.29) is 23.3 Å². The second-order valence-corrected chi connectivity index (χ2v) is 6.36. The van der Waals surface area contributed by atoms with Crippen molar-refractivity contribution in [3.8, 4) is 0 Å². The summed E-state index contributed by atoms with van der Waals surface area (Å²) in [6.45, 7) is 2.69. The molecule has 134 valence electrons. The number of nitrogens with one attached hydrogen (secondary N) is 1. The van der Waals surface area contributed by atoms with Crippen molar-refractivity contribution in [1.82, 2.24) is 20.1 Å². The first-order valence-corrected chi connectivity index (χ1v) is 8.23. The average molecular weight is 347 g/mol. The molecule has 3 rings (SSSR count). The predicted molar refractivity (Wildman–Crippen MR) is 90.1 cm³/mol. The number of anilines is 1. The zero-order chi connectivity index (χ0) is 18.0. The molecular formula is C17H22FN5O2. The fraction of sp³-hybridized carbons (Fsp3) is 0.471. The third-order valence-electron chi connectivity index (χ3n) is 4.89. The number of ether oxygens (including phenoxy) is 1. The van der Waals surface area contributed by atoms with Crippen LogP contribution >= 0.6 is 0 Å². The van der Waals surface area contributed by atoms with Crippen molar-refractivity contribution in [3.05, 3.63) is 41.5 Å². The first-order chi connectivity index (χ1) is 12.0. The summed E-state index contributed by atoms with van der Waals surface area (Å²) >= 11 is 0. The molecule has 2 heterocycles. The van der Waals surface area contributed by atoms with Gasteiger partial charge in [0.2, 0.25) is 5.95 Å². The number of aromatic amines is 1. The SMILES string of the molecule is COC(C)(C(=O)N1CCC(c2nc(N)n[nH]2)CC1)c1ccccc1F. The number of carbonyl (C=O) groups excluding carboxylic acids is 1. The summed E-state index contributed by atoms with van der Waals surface area (Å²) in [5.74, 6) is 0.451. The summed E-state index contributed by atoms with van der Waals surface area (Å²) in [5.41, 5.74) is 4.44. The first kappa shape index (κ1) is 17.3. The van der Waals surface area contributed by atoms with Crippen LogP contribution in [-0.4, -0.2) is 46.2 Å². The Labute approximate surface area is 145 Å². The summed E-state index contributed by atoms with van der Waals surface area (Å²) in [7, 11) is 1.42. The highest BCUT2D eigenvalue weighted by Crippen LogP contribution is 2.32. The van der Waals surface area contributed by atoms with Gasteiger partial charge in [0.05, 0.1) is 0 Å². The normalized spacial score (nSPS) is 18.1. The van der Waals surface area contributed by atoms with Gasteiger partial charge in [0.1, 0.15) is 11.6 Å². The Morgan fingerprint density at radius 1 is 1.40 bits per heavy atom. The Morgan fingerprint density at radius 3 is 2.64 bits per heavy atom. The molecule has 0 aliphatic carbocycles. The van der Waals surface area contributed by atoms with Crippen LogP contribution in [0.5, 0.6) is 0 Å². The molecule has 2 aromatic rings. The molecule has 8 heteroatoms. The first-order valence-electron chi connectivity index (χ1n) is 8.23. The highest BCUT2D eigenvalue weighted by molar-refractivity contribution is 5.86. The number of halogens is 1. The molecule has 7 nitrogen and oxygen atoms in total. The number of nitrogens with zero attached hydrogens (tertiary/aromatic N) is 3. The van der Waals surface area contributed by atoms with Gasteiger partial charge in [0, 0.05) is 31.7 Å². The number of hydrogen-bond acceptors (Lipinski definition) is 5. The number of nitrogen functional groups attached to an aromatic ring is 1. The maximum atomic E-state index is 14.2. The van der Waals surface area contributed by atoms with Crippen molar-refractivity contribution in [2.45, 2.75) is 31.3 Å². The van der Waals surface area contributed by atoms with E-state index in [2.05, 4.69) is 15.2 Å². The fourth-order valence-corrected chi connectivity index (χ4v) is 3.29. The second kappa shape index (κ2) is 6.79. The number of amides is 1. The molecule has 1 aromatic carbocycles. The Kier molecular flexibility index (Phi) is 4.71. The van der Waals surface area contributed by atoms with Crippen molar-refractivity contribution in [1.29, 1.82) is 0 Å². The molecule has 1 atom stereocenters.